The van der Waals surface area contributed by atoms with Gasteiger partial charge in [0.05, 0.1) is 11.4 Å². The summed E-state index contributed by atoms with van der Waals surface area (Å²) in [5, 5.41) is 5.69. The molecule has 9 aromatic carbocycles. The van der Waals surface area contributed by atoms with E-state index in [2.05, 4.69) is 241 Å². The van der Waals surface area contributed by atoms with E-state index in [0.29, 0.717) is 0 Å². The molecule has 0 atom stereocenters. The van der Waals surface area contributed by atoms with Crippen molar-refractivity contribution >= 4 is 45.9 Å². The van der Waals surface area contributed by atoms with Crippen molar-refractivity contribution in [2.45, 2.75) is 0 Å². The molecule has 0 radical (unpaired) electrons. The van der Waals surface area contributed by atoms with Crippen molar-refractivity contribution in [2.75, 3.05) is 4.90 Å². The van der Waals surface area contributed by atoms with E-state index in [4.69, 9.17) is 0 Å². The minimum atomic E-state index is -2.67. The third kappa shape index (κ3) is 5.54. The van der Waals surface area contributed by atoms with Gasteiger partial charge in [0.1, 0.15) is 0 Å². The molecule has 0 spiro atoms. The first-order chi connectivity index (χ1) is 27.8. The lowest BCUT2D eigenvalue weighted by Gasteiger charge is -2.32. The van der Waals surface area contributed by atoms with Crippen molar-refractivity contribution in [2.24, 2.45) is 0 Å². The van der Waals surface area contributed by atoms with Crippen LogP contribution in [0.2, 0.25) is 0 Å². The molecule has 0 N–H and O–H groups in total. The third-order valence-electron chi connectivity index (χ3n) is 11.4. The zero-order valence-corrected chi connectivity index (χ0v) is 32.0. The van der Waals surface area contributed by atoms with Crippen molar-refractivity contribution in [1.82, 2.24) is 0 Å². The Morgan fingerprint density at radius 3 is 1.32 bits per heavy atom. The van der Waals surface area contributed by atoms with Crippen LogP contribution in [0, 0.1) is 0 Å². The average Bonchev–Trinajstić information content (AvgIpc) is 3.60. The van der Waals surface area contributed by atoms with Crippen LogP contribution in [0.25, 0.3) is 44.5 Å². The second-order valence-corrected chi connectivity index (χ2v) is 18.1. The van der Waals surface area contributed by atoms with Crippen LogP contribution < -0.4 is 25.6 Å². The summed E-state index contributed by atoms with van der Waals surface area (Å²) < 4.78 is 0. The van der Waals surface area contributed by atoms with E-state index in [-0.39, 0.29) is 0 Å². The summed E-state index contributed by atoms with van der Waals surface area (Å²) >= 11 is 0. The quantitative estimate of drug-likeness (QED) is 0.141. The lowest BCUT2D eigenvalue weighted by atomic mass is 9.92. The Hall–Kier alpha value is -7.00. The minimum absolute atomic E-state index is 1.10. The van der Waals surface area contributed by atoms with Crippen LogP contribution in [-0.4, -0.2) is 8.07 Å². The summed E-state index contributed by atoms with van der Waals surface area (Å²) in [6.07, 6.45) is 0. The topological polar surface area (TPSA) is 3.24 Å². The maximum atomic E-state index is 2.46. The molecule has 264 valence electrons. The zero-order chi connectivity index (χ0) is 37.3. The van der Waals surface area contributed by atoms with Crippen LogP contribution in [0.1, 0.15) is 0 Å². The van der Waals surface area contributed by atoms with Gasteiger partial charge in [-0.25, -0.2) is 0 Å². The second kappa shape index (κ2) is 14.3. The van der Waals surface area contributed by atoms with Crippen LogP contribution >= 0.6 is 0 Å². The van der Waals surface area contributed by atoms with Gasteiger partial charge in [-0.15, -0.1) is 0 Å². The van der Waals surface area contributed by atoms with Crippen molar-refractivity contribution in [1.29, 1.82) is 0 Å². The molecule has 0 unspecified atom stereocenters. The van der Waals surface area contributed by atoms with Gasteiger partial charge in [0, 0.05) is 16.8 Å². The summed E-state index contributed by atoms with van der Waals surface area (Å²) in [6.45, 7) is 0. The number of anilines is 3. The normalized spacial score (nSPS) is 12.4. The average molecular weight is 730 g/mol. The van der Waals surface area contributed by atoms with Gasteiger partial charge in [-0.2, -0.15) is 0 Å². The van der Waals surface area contributed by atoms with Crippen LogP contribution in [0.5, 0.6) is 0 Å². The van der Waals surface area contributed by atoms with Crippen molar-refractivity contribution in [3.8, 4) is 44.5 Å². The molecule has 1 nitrogen and oxygen atoms in total. The van der Waals surface area contributed by atoms with Crippen molar-refractivity contribution < 1.29 is 0 Å². The molecule has 0 aliphatic carbocycles. The monoisotopic (exact) mass is 729 g/mol. The van der Waals surface area contributed by atoms with E-state index in [1.54, 1.807) is 0 Å². The summed E-state index contributed by atoms with van der Waals surface area (Å²) in [5.74, 6) is 0. The van der Waals surface area contributed by atoms with Crippen LogP contribution in [0.4, 0.5) is 17.1 Å². The van der Waals surface area contributed by atoms with Gasteiger partial charge in [-0.3, -0.25) is 0 Å². The Kier molecular flexibility index (Phi) is 8.59. The first-order valence-corrected chi connectivity index (χ1v) is 21.4. The highest BCUT2D eigenvalue weighted by molar-refractivity contribution is 7.22. The van der Waals surface area contributed by atoms with Crippen LogP contribution in [0.15, 0.2) is 237 Å². The molecule has 10 rings (SSSR count). The number of para-hydroxylation sites is 2. The molecule has 0 bridgehead atoms. The molecular weight excluding hydrogens is 691 g/mol. The minimum Gasteiger partial charge on any atom is -0.309 e. The fraction of sp³-hybridized carbons (Fsp3) is 0. The largest absolute Gasteiger partial charge is 0.309 e. The van der Waals surface area contributed by atoms with Crippen LogP contribution in [-0.2, 0) is 0 Å². The first kappa shape index (κ1) is 33.6. The molecular formula is C54H39NSi. The molecule has 2 heteroatoms. The Labute approximate surface area is 330 Å². The highest BCUT2D eigenvalue weighted by Gasteiger charge is 2.49. The molecule has 0 amide bonds. The Balaban J connectivity index is 1.24. The van der Waals surface area contributed by atoms with Gasteiger partial charge >= 0.3 is 0 Å². The summed E-state index contributed by atoms with van der Waals surface area (Å²) in [5.41, 5.74) is 13.2. The molecule has 1 heterocycles. The van der Waals surface area contributed by atoms with Gasteiger partial charge in [0.15, 0.2) is 8.07 Å². The Bertz CT molecular complexity index is 2740. The van der Waals surface area contributed by atoms with Gasteiger partial charge in [0.2, 0.25) is 0 Å². The number of hydrogen-bond acceptors (Lipinski definition) is 1. The number of nitrogens with zero attached hydrogens (tertiary/aromatic N) is 1. The molecule has 56 heavy (non-hydrogen) atoms. The Morgan fingerprint density at radius 2 is 0.696 bits per heavy atom. The highest BCUT2D eigenvalue weighted by Crippen LogP contribution is 2.47. The second-order valence-electron chi connectivity index (χ2n) is 14.4. The molecule has 9 aromatic rings. The maximum absolute atomic E-state index is 2.67. The fourth-order valence-electron chi connectivity index (χ4n) is 8.99. The molecule has 0 aromatic heterocycles. The van der Waals surface area contributed by atoms with Crippen molar-refractivity contribution in [3.63, 3.8) is 0 Å². The lowest BCUT2D eigenvalue weighted by molar-refractivity contribution is 1.28. The van der Waals surface area contributed by atoms with E-state index < -0.39 is 8.07 Å². The number of benzene rings is 9. The smallest absolute Gasteiger partial charge is 0.180 e. The molecule has 0 saturated heterocycles. The standard InChI is InChI=1S/C54H39NSi/c1-5-20-40(21-6-1)41-36-38-43(39-37-41)55(50-32-16-13-28-46(50)42-22-7-2-8-23-42)51-33-17-14-29-47(51)48-31-19-35-53-54(48)49-30-15-18-34-52(49)56(53,44-24-9-3-10-25-44)45-26-11-4-12-27-45/h1-39H. The van der Waals surface area contributed by atoms with Gasteiger partial charge in [-0.05, 0) is 78.4 Å². The zero-order valence-electron chi connectivity index (χ0n) is 31.0. The van der Waals surface area contributed by atoms with E-state index in [1.807, 2.05) is 0 Å². The lowest BCUT2D eigenvalue weighted by Crippen LogP contribution is -2.72. The molecule has 0 fully saturated rings. The number of hydrogen-bond donors (Lipinski definition) is 0. The summed E-state index contributed by atoms with van der Waals surface area (Å²) in [7, 11) is -2.67. The molecule has 1 aliphatic rings. The first-order valence-electron chi connectivity index (χ1n) is 19.4. The van der Waals surface area contributed by atoms with E-state index in [9.17, 15) is 0 Å². The number of fused-ring (bicyclic) bond motifs is 3. The molecule has 0 saturated carbocycles. The van der Waals surface area contributed by atoms with E-state index in [1.165, 1.54) is 65.3 Å². The maximum Gasteiger partial charge on any atom is 0.180 e. The van der Waals surface area contributed by atoms with Gasteiger partial charge in [0.25, 0.3) is 0 Å². The summed E-state index contributed by atoms with van der Waals surface area (Å²) in [4.78, 5) is 2.46. The van der Waals surface area contributed by atoms with E-state index >= 15 is 0 Å². The Morgan fingerprint density at radius 1 is 0.268 bits per heavy atom. The summed E-state index contributed by atoms with van der Waals surface area (Å²) in [6, 6.07) is 87.0. The van der Waals surface area contributed by atoms with E-state index in [0.717, 1.165) is 17.1 Å². The fourth-order valence-corrected chi connectivity index (χ4v) is 14.2. The number of rotatable bonds is 8. The van der Waals surface area contributed by atoms with Crippen molar-refractivity contribution in [3.05, 3.63) is 237 Å². The predicted octanol–water partition coefficient (Wildman–Crippen LogP) is 11.5. The van der Waals surface area contributed by atoms with Crippen LogP contribution in [0.3, 0.4) is 0 Å². The highest BCUT2D eigenvalue weighted by atomic mass is 28.3. The molecule has 1 aliphatic heterocycles. The van der Waals surface area contributed by atoms with Gasteiger partial charge < -0.3 is 4.90 Å². The predicted molar refractivity (Wildman–Crippen MR) is 240 cm³/mol. The SMILES string of the molecule is c1ccc(-c2ccc(N(c3ccccc3-c3ccccc3)c3ccccc3-c3cccc4c3-c3ccccc3[Si]4(c3ccccc3)c3ccccc3)cc2)cc1. The third-order valence-corrected chi connectivity index (χ3v) is 16.2. The van der Waals surface area contributed by atoms with Gasteiger partial charge in [-0.1, -0.05) is 212 Å².